The number of nitrogens with zero attached hydrogens (tertiary/aromatic N) is 1. The number of amides is 2. The Labute approximate surface area is 77.2 Å². The molecule has 0 bridgehead atoms. The lowest BCUT2D eigenvalue weighted by Crippen LogP contribution is -2.47. The van der Waals surface area contributed by atoms with E-state index in [2.05, 4.69) is 0 Å². The molecule has 0 radical (unpaired) electrons. The molecule has 5 nitrogen and oxygen atoms in total. The zero-order valence-corrected chi connectivity index (χ0v) is 7.75. The van der Waals surface area contributed by atoms with Crippen LogP contribution in [-0.4, -0.2) is 29.8 Å². The Morgan fingerprint density at radius 1 is 1.38 bits per heavy atom. The maximum atomic E-state index is 11.3. The highest BCUT2D eigenvalue weighted by molar-refractivity contribution is 6.34. The minimum atomic E-state index is -0.741. The Morgan fingerprint density at radius 2 is 1.92 bits per heavy atom. The van der Waals surface area contributed by atoms with Crippen LogP contribution in [0.5, 0.6) is 0 Å². The van der Waals surface area contributed by atoms with E-state index in [1.165, 1.54) is 4.90 Å². The van der Waals surface area contributed by atoms with Crippen molar-refractivity contribution < 1.29 is 9.59 Å². The van der Waals surface area contributed by atoms with E-state index in [-0.39, 0.29) is 6.04 Å². The summed E-state index contributed by atoms with van der Waals surface area (Å²) >= 11 is 0. The van der Waals surface area contributed by atoms with Crippen LogP contribution >= 0.6 is 0 Å². The highest BCUT2D eigenvalue weighted by Gasteiger charge is 2.26. The van der Waals surface area contributed by atoms with Gasteiger partial charge in [-0.1, -0.05) is 12.8 Å². The van der Waals surface area contributed by atoms with E-state index in [0.717, 1.165) is 25.7 Å². The first-order chi connectivity index (χ1) is 6.16. The van der Waals surface area contributed by atoms with Crippen molar-refractivity contribution in [2.24, 2.45) is 5.84 Å². The first-order valence-electron chi connectivity index (χ1n) is 4.44. The monoisotopic (exact) mass is 185 g/mol. The summed E-state index contributed by atoms with van der Waals surface area (Å²) in [6.45, 7) is 0. The van der Waals surface area contributed by atoms with Gasteiger partial charge in [0.2, 0.25) is 0 Å². The zero-order valence-electron chi connectivity index (χ0n) is 7.75. The fraction of sp³-hybridized carbons (Fsp3) is 0.750. The molecule has 0 unspecified atom stereocenters. The lowest BCUT2D eigenvalue weighted by Gasteiger charge is -2.22. The van der Waals surface area contributed by atoms with Crippen molar-refractivity contribution >= 4 is 11.8 Å². The van der Waals surface area contributed by atoms with E-state index in [4.69, 9.17) is 5.84 Å². The second-order valence-electron chi connectivity index (χ2n) is 3.33. The van der Waals surface area contributed by atoms with Gasteiger partial charge >= 0.3 is 11.8 Å². The minimum absolute atomic E-state index is 0.213. The zero-order chi connectivity index (χ0) is 9.84. The minimum Gasteiger partial charge on any atom is -0.334 e. The second-order valence-corrected chi connectivity index (χ2v) is 3.33. The van der Waals surface area contributed by atoms with E-state index in [1.54, 1.807) is 7.05 Å². The van der Waals surface area contributed by atoms with Crippen LogP contribution in [0.25, 0.3) is 0 Å². The summed E-state index contributed by atoms with van der Waals surface area (Å²) in [5.41, 5.74) is 1.84. The first kappa shape index (κ1) is 9.98. The van der Waals surface area contributed by atoms with Crippen molar-refractivity contribution in [3.63, 3.8) is 0 Å². The third kappa shape index (κ3) is 2.18. The first-order valence-corrected chi connectivity index (χ1v) is 4.44. The molecule has 0 atom stereocenters. The quantitative estimate of drug-likeness (QED) is 0.247. The van der Waals surface area contributed by atoms with Gasteiger partial charge in [-0.3, -0.25) is 15.0 Å². The molecule has 0 heterocycles. The molecule has 5 heteroatoms. The molecule has 2 amide bonds. The van der Waals surface area contributed by atoms with Gasteiger partial charge < -0.3 is 4.90 Å². The van der Waals surface area contributed by atoms with Gasteiger partial charge in [0.1, 0.15) is 0 Å². The largest absolute Gasteiger partial charge is 0.334 e. The van der Waals surface area contributed by atoms with Crippen molar-refractivity contribution in [1.82, 2.24) is 10.3 Å². The molecular formula is C8H15N3O2. The molecule has 0 aliphatic heterocycles. The molecule has 74 valence electrons. The summed E-state index contributed by atoms with van der Waals surface area (Å²) in [6, 6.07) is 0.213. The van der Waals surface area contributed by atoms with Crippen LogP contribution in [0, 0.1) is 0 Å². The molecule has 0 aromatic carbocycles. The predicted molar refractivity (Wildman–Crippen MR) is 47.4 cm³/mol. The summed E-state index contributed by atoms with van der Waals surface area (Å²) in [7, 11) is 1.65. The number of rotatable bonds is 1. The number of carbonyl (C=O) groups excluding carboxylic acids is 2. The molecule has 0 aromatic rings. The van der Waals surface area contributed by atoms with E-state index in [9.17, 15) is 9.59 Å². The number of hydrogen-bond acceptors (Lipinski definition) is 3. The lowest BCUT2D eigenvalue weighted by molar-refractivity contribution is -0.146. The Balaban J connectivity index is 2.50. The van der Waals surface area contributed by atoms with Gasteiger partial charge in [-0.25, -0.2) is 5.84 Å². The van der Waals surface area contributed by atoms with E-state index >= 15 is 0 Å². The van der Waals surface area contributed by atoms with E-state index in [1.807, 2.05) is 5.43 Å². The fourth-order valence-electron chi connectivity index (χ4n) is 1.68. The Morgan fingerprint density at radius 3 is 2.38 bits per heavy atom. The van der Waals surface area contributed by atoms with Gasteiger partial charge in [0, 0.05) is 13.1 Å². The van der Waals surface area contributed by atoms with Gasteiger partial charge in [0.15, 0.2) is 0 Å². The van der Waals surface area contributed by atoms with Gasteiger partial charge in [-0.2, -0.15) is 0 Å². The normalized spacial score (nSPS) is 17.1. The van der Waals surface area contributed by atoms with Gasteiger partial charge in [0.05, 0.1) is 0 Å². The summed E-state index contributed by atoms with van der Waals surface area (Å²) in [5, 5.41) is 0. The molecule has 0 aromatic heterocycles. The van der Waals surface area contributed by atoms with Crippen LogP contribution in [0.1, 0.15) is 25.7 Å². The van der Waals surface area contributed by atoms with Crippen molar-refractivity contribution in [2.75, 3.05) is 7.05 Å². The number of hydrazine groups is 1. The standard InChI is InChI=1S/C8H15N3O2/c1-11(6-4-2-3-5-6)8(13)7(12)10-9/h6H,2-5,9H2,1H3,(H,10,12). The number of carbonyl (C=O) groups is 2. The molecule has 3 N–H and O–H groups in total. The number of hydrogen-bond donors (Lipinski definition) is 2. The van der Waals surface area contributed by atoms with Crippen LogP contribution in [0.2, 0.25) is 0 Å². The van der Waals surface area contributed by atoms with Crippen molar-refractivity contribution in [3.8, 4) is 0 Å². The van der Waals surface area contributed by atoms with E-state index < -0.39 is 11.8 Å². The highest BCUT2D eigenvalue weighted by Crippen LogP contribution is 2.22. The SMILES string of the molecule is CN(C(=O)C(=O)NN)C1CCCC1. The molecule has 1 aliphatic rings. The Kier molecular flexibility index (Phi) is 3.25. The Hall–Kier alpha value is -1.10. The molecule has 1 rings (SSSR count). The molecule has 13 heavy (non-hydrogen) atoms. The number of likely N-dealkylation sites (N-methyl/N-ethyl adjacent to an activating group) is 1. The molecular weight excluding hydrogens is 170 g/mol. The van der Waals surface area contributed by atoms with Crippen molar-refractivity contribution in [3.05, 3.63) is 0 Å². The fourth-order valence-corrected chi connectivity index (χ4v) is 1.68. The average Bonchev–Trinajstić information content (AvgIpc) is 2.67. The van der Waals surface area contributed by atoms with Crippen LogP contribution in [0.15, 0.2) is 0 Å². The summed E-state index contributed by atoms with van der Waals surface area (Å²) in [4.78, 5) is 23.7. The molecule has 1 aliphatic carbocycles. The van der Waals surface area contributed by atoms with E-state index in [0.29, 0.717) is 0 Å². The third-order valence-electron chi connectivity index (χ3n) is 2.52. The van der Waals surface area contributed by atoms with Gasteiger partial charge in [-0.15, -0.1) is 0 Å². The molecule has 1 saturated carbocycles. The van der Waals surface area contributed by atoms with Crippen LogP contribution < -0.4 is 11.3 Å². The Bertz CT molecular complexity index is 211. The third-order valence-corrected chi connectivity index (χ3v) is 2.52. The maximum Gasteiger partial charge on any atom is 0.323 e. The second kappa shape index (κ2) is 4.23. The van der Waals surface area contributed by atoms with Crippen LogP contribution in [0.3, 0.4) is 0 Å². The average molecular weight is 185 g/mol. The predicted octanol–water partition coefficient (Wildman–Crippen LogP) is -0.623. The summed E-state index contributed by atoms with van der Waals surface area (Å²) < 4.78 is 0. The molecule has 1 fully saturated rings. The topological polar surface area (TPSA) is 75.4 Å². The molecule has 0 spiro atoms. The number of nitrogens with two attached hydrogens (primary N) is 1. The van der Waals surface area contributed by atoms with Gasteiger partial charge in [-0.05, 0) is 12.8 Å². The summed E-state index contributed by atoms with van der Waals surface area (Å²) in [5.74, 6) is 3.57. The highest BCUT2D eigenvalue weighted by atomic mass is 16.2. The number of nitrogens with one attached hydrogen (secondary N) is 1. The molecule has 0 saturated heterocycles. The van der Waals surface area contributed by atoms with Crippen LogP contribution in [0.4, 0.5) is 0 Å². The van der Waals surface area contributed by atoms with Crippen molar-refractivity contribution in [2.45, 2.75) is 31.7 Å². The summed E-state index contributed by atoms with van der Waals surface area (Å²) in [6.07, 6.45) is 4.24. The lowest BCUT2D eigenvalue weighted by atomic mass is 10.2. The van der Waals surface area contributed by atoms with Crippen molar-refractivity contribution in [1.29, 1.82) is 0 Å². The maximum absolute atomic E-state index is 11.3. The smallest absolute Gasteiger partial charge is 0.323 e. The van der Waals surface area contributed by atoms with Gasteiger partial charge in [0.25, 0.3) is 0 Å². The van der Waals surface area contributed by atoms with Crippen LogP contribution in [-0.2, 0) is 9.59 Å².